The van der Waals surface area contributed by atoms with Crippen LogP contribution >= 0.6 is 23.2 Å². The maximum atomic E-state index is 13.6. The van der Waals surface area contributed by atoms with Crippen molar-refractivity contribution in [1.29, 1.82) is 0 Å². The molecule has 0 aliphatic heterocycles. The average molecular weight is 323 g/mol. The normalized spacial score (nSPS) is 13.1. The lowest BCUT2D eigenvalue weighted by molar-refractivity contribution is 0.628. The van der Waals surface area contributed by atoms with E-state index >= 15 is 0 Å². The summed E-state index contributed by atoms with van der Waals surface area (Å²) in [6.45, 7) is 0.521. The highest BCUT2D eigenvalue weighted by atomic mass is 35.5. The van der Waals surface area contributed by atoms with Crippen molar-refractivity contribution in [2.45, 2.75) is 13.0 Å². The first-order valence-electron chi connectivity index (χ1n) is 5.73. The first-order valence-corrected chi connectivity index (χ1v) is 8.37. The van der Waals surface area contributed by atoms with Gasteiger partial charge in [-0.2, -0.15) is 0 Å². The van der Waals surface area contributed by atoms with Gasteiger partial charge in [0, 0.05) is 47.7 Å². The summed E-state index contributed by atoms with van der Waals surface area (Å²) < 4.78 is 26.6. The van der Waals surface area contributed by atoms with Crippen LogP contribution in [-0.2, 0) is 23.8 Å². The fourth-order valence-electron chi connectivity index (χ4n) is 1.91. The summed E-state index contributed by atoms with van der Waals surface area (Å²) >= 11 is 11.5. The molecule has 104 valence electrons. The second kappa shape index (κ2) is 6.20. The number of fused-ring (bicyclic) bond motifs is 1. The number of hydrogen-bond donors (Lipinski definition) is 0. The molecule has 0 amide bonds. The lowest BCUT2D eigenvalue weighted by atomic mass is 10.3. The number of rotatable bonds is 5. The Kier molecular flexibility index (Phi) is 4.81. The highest BCUT2D eigenvalue weighted by molar-refractivity contribution is 7.84. The molecular formula is C12H13Cl2FN2OS. The first kappa shape index (κ1) is 14.8. The topological polar surface area (TPSA) is 34.9 Å². The maximum absolute atomic E-state index is 13.6. The van der Waals surface area contributed by atoms with Crippen LogP contribution in [0.1, 0.15) is 5.82 Å². The molecule has 19 heavy (non-hydrogen) atoms. The Bertz CT molecular complexity index is 630. The van der Waals surface area contributed by atoms with Gasteiger partial charge in [-0.05, 0) is 6.07 Å². The largest absolute Gasteiger partial charge is 0.327 e. The SMILES string of the molecule is CS(=O)CCn1c(CCCl)nc2cc(Cl)c(F)cc21. The minimum absolute atomic E-state index is 0.0497. The molecular weight excluding hydrogens is 310 g/mol. The van der Waals surface area contributed by atoms with Gasteiger partial charge < -0.3 is 4.57 Å². The van der Waals surface area contributed by atoms with Crippen LogP contribution in [0.5, 0.6) is 0 Å². The summed E-state index contributed by atoms with van der Waals surface area (Å²) in [4.78, 5) is 4.41. The third-order valence-electron chi connectivity index (χ3n) is 2.79. The van der Waals surface area contributed by atoms with E-state index in [1.807, 2.05) is 4.57 Å². The third kappa shape index (κ3) is 3.27. The summed E-state index contributed by atoms with van der Waals surface area (Å²) in [6, 6.07) is 2.87. The molecule has 0 aliphatic carbocycles. The van der Waals surface area contributed by atoms with E-state index in [0.29, 0.717) is 35.6 Å². The van der Waals surface area contributed by atoms with Crippen molar-refractivity contribution in [3.63, 3.8) is 0 Å². The third-order valence-corrected chi connectivity index (χ3v) is 4.03. The predicted molar refractivity (Wildman–Crippen MR) is 78.1 cm³/mol. The number of alkyl halides is 1. The van der Waals surface area contributed by atoms with Crippen molar-refractivity contribution < 1.29 is 8.60 Å². The van der Waals surface area contributed by atoms with E-state index in [1.54, 1.807) is 6.26 Å². The van der Waals surface area contributed by atoms with Gasteiger partial charge in [0.05, 0.1) is 16.1 Å². The monoisotopic (exact) mass is 322 g/mol. The van der Waals surface area contributed by atoms with Crippen molar-refractivity contribution in [3.05, 3.63) is 28.8 Å². The van der Waals surface area contributed by atoms with Gasteiger partial charge in [0.15, 0.2) is 0 Å². The zero-order valence-electron chi connectivity index (χ0n) is 10.3. The molecule has 0 aliphatic rings. The van der Waals surface area contributed by atoms with E-state index < -0.39 is 16.6 Å². The van der Waals surface area contributed by atoms with Gasteiger partial charge in [0.1, 0.15) is 11.6 Å². The van der Waals surface area contributed by atoms with Gasteiger partial charge in [-0.25, -0.2) is 9.37 Å². The van der Waals surface area contributed by atoms with E-state index in [9.17, 15) is 8.60 Å². The Labute approximate surface area is 123 Å². The van der Waals surface area contributed by atoms with Gasteiger partial charge in [-0.1, -0.05) is 11.6 Å². The Morgan fingerprint density at radius 1 is 1.47 bits per heavy atom. The molecule has 1 aromatic heterocycles. The van der Waals surface area contributed by atoms with Gasteiger partial charge in [-0.15, -0.1) is 11.6 Å². The molecule has 0 bridgehead atoms. The minimum Gasteiger partial charge on any atom is -0.327 e. The molecule has 0 saturated carbocycles. The van der Waals surface area contributed by atoms with Crippen molar-refractivity contribution in [2.75, 3.05) is 17.9 Å². The molecule has 1 aromatic carbocycles. The van der Waals surface area contributed by atoms with Crippen molar-refractivity contribution in [2.24, 2.45) is 0 Å². The fourth-order valence-corrected chi connectivity index (χ4v) is 2.68. The van der Waals surface area contributed by atoms with E-state index in [2.05, 4.69) is 4.98 Å². The summed E-state index contributed by atoms with van der Waals surface area (Å²) in [7, 11) is -0.916. The summed E-state index contributed by atoms with van der Waals surface area (Å²) in [6.07, 6.45) is 2.21. The van der Waals surface area contributed by atoms with E-state index in [0.717, 1.165) is 5.82 Å². The van der Waals surface area contributed by atoms with Crippen LogP contribution in [0.15, 0.2) is 12.1 Å². The maximum Gasteiger partial charge on any atom is 0.144 e. The van der Waals surface area contributed by atoms with Crippen molar-refractivity contribution >= 4 is 45.0 Å². The van der Waals surface area contributed by atoms with E-state index in [1.165, 1.54) is 12.1 Å². The smallest absolute Gasteiger partial charge is 0.144 e. The van der Waals surface area contributed by atoms with Crippen LogP contribution in [0.4, 0.5) is 4.39 Å². The van der Waals surface area contributed by atoms with Crippen LogP contribution in [0.2, 0.25) is 5.02 Å². The molecule has 0 radical (unpaired) electrons. The highest BCUT2D eigenvalue weighted by Gasteiger charge is 2.13. The van der Waals surface area contributed by atoms with E-state index in [-0.39, 0.29) is 5.02 Å². The first-order chi connectivity index (χ1) is 9.02. The summed E-state index contributed by atoms with van der Waals surface area (Å²) in [5.74, 6) is 1.20. The van der Waals surface area contributed by atoms with Crippen LogP contribution < -0.4 is 0 Å². The van der Waals surface area contributed by atoms with E-state index in [4.69, 9.17) is 23.2 Å². The molecule has 3 nitrogen and oxygen atoms in total. The van der Waals surface area contributed by atoms with Crippen molar-refractivity contribution in [3.8, 4) is 0 Å². The second-order valence-electron chi connectivity index (χ2n) is 4.15. The zero-order chi connectivity index (χ0) is 14.0. The predicted octanol–water partition coefficient (Wildman–Crippen LogP) is 2.99. The Hall–Kier alpha value is -0.650. The molecule has 1 heterocycles. The molecule has 1 atom stereocenters. The molecule has 0 fully saturated rings. The van der Waals surface area contributed by atoms with Crippen LogP contribution in [0.25, 0.3) is 11.0 Å². The number of benzene rings is 1. The number of imidazole rings is 1. The average Bonchev–Trinajstić information content (AvgIpc) is 2.65. The standard InChI is InChI=1S/C12H13Cl2FN2OS/c1-19(18)5-4-17-11-7-9(15)8(14)6-10(11)16-12(17)2-3-13/h6-7H,2-5H2,1H3. The number of nitrogens with zero attached hydrogens (tertiary/aromatic N) is 2. The Morgan fingerprint density at radius 3 is 2.84 bits per heavy atom. The Balaban J connectivity index is 2.51. The Morgan fingerprint density at radius 2 is 2.21 bits per heavy atom. The molecule has 0 N–H and O–H groups in total. The molecule has 1 unspecified atom stereocenters. The van der Waals surface area contributed by atoms with Crippen LogP contribution in [0.3, 0.4) is 0 Å². The molecule has 0 spiro atoms. The molecule has 2 aromatic rings. The van der Waals surface area contributed by atoms with Gasteiger partial charge in [0.2, 0.25) is 0 Å². The quantitative estimate of drug-likeness (QED) is 0.793. The highest BCUT2D eigenvalue weighted by Crippen LogP contribution is 2.24. The van der Waals surface area contributed by atoms with Crippen molar-refractivity contribution in [1.82, 2.24) is 9.55 Å². The summed E-state index contributed by atoms with van der Waals surface area (Å²) in [5.41, 5.74) is 1.29. The molecule has 0 saturated heterocycles. The van der Waals surface area contributed by atoms with Crippen LogP contribution in [0, 0.1) is 5.82 Å². The second-order valence-corrected chi connectivity index (χ2v) is 6.49. The van der Waals surface area contributed by atoms with Gasteiger partial charge in [0.25, 0.3) is 0 Å². The number of aryl methyl sites for hydroxylation is 2. The lowest BCUT2D eigenvalue weighted by Crippen LogP contribution is -2.10. The van der Waals surface area contributed by atoms with Gasteiger partial charge >= 0.3 is 0 Å². The lowest BCUT2D eigenvalue weighted by Gasteiger charge is -2.07. The minimum atomic E-state index is -0.916. The molecule has 7 heteroatoms. The number of hydrogen-bond acceptors (Lipinski definition) is 2. The number of halogens is 3. The van der Waals surface area contributed by atoms with Gasteiger partial charge in [-0.3, -0.25) is 4.21 Å². The van der Waals surface area contributed by atoms with Crippen LogP contribution in [-0.4, -0.2) is 31.6 Å². The molecule has 2 rings (SSSR count). The fraction of sp³-hybridized carbons (Fsp3) is 0.417. The zero-order valence-corrected chi connectivity index (χ0v) is 12.7. The number of aromatic nitrogens is 2. The summed E-state index contributed by atoms with van der Waals surface area (Å²) in [5, 5.41) is 0.0497.